The first-order valence-corrected chi connectivity index (χ1v) is 6.11. The van der Waals surface area contributed by atoms with Crippen molar-refractivity contribution < 1.29 is 9.50 Å². The second-order valence-electron chi connectivity index (χ2n) is 4.43. The van der Waals surface area contributed by atoms with Crippen LogP contribution in [-0.2, 0) is 6.42 Å². The molecule has 0 radical (unpaired) electrons. The zero-order valence-electron chi connectivity index (χ0n) is 10.8. The largest absolute Gasteiger partial charge is 0.493 e. The van der Waals surface area contributed by atoms with Gasteiger partial charge in [0.25, 0.3) is 5.56 Å². The number of aryl methyl sites for hydroxylation is 1. The Hall–Kier alpha value is -2.17. The van der Waals surface area contributed by atoms with Crippen LogP contribution in [-0.4, -0.2) is 15.1 Å². The van der Waals surface area contributed by atoms with Crippen LogP contribution in [0.25, 0.3) is 11.4 Å². The van der Waals surface area contributed by atoms with Crippen LogP contribution in [0.2, 0.25) is 0 Å². The molecule has 100 valence electrons. The van der Waals surface area contributed by atoms with E-state index in [0.29, 0.717) is 12.0 Å². The van der Waals surface area contributed by atoms with Crippen LogP contribution in [0.3, 0.4) is 0 Å². The molecule has 4 nitrogen and oxygen atoms in total. The lowest BCUT2D eigenvalue weighted by molar-refractivity contribution is 0.443. The Morgan fingerprint density at radius 2 is 2.16 bits per heavy atom. The Kier molecular flexibility index (Phi) is 3.64. The fourth-order valence-corrected chi connectivity index (χ4v) is 1.94. The van der Waals surface area contributed by atoms with E-state index in [1.165, 1.54) is 12.1 Å². The van der Waals surface area contributed by atoms with E-state index in [1.807, 2.05) is 6.92 Å². The van der Waals surface area contributed by atoms with Crippen molar-refractivity contribution in [1.29, 1.82) is 0 Å². The van der Waals surface area contributed by atoms with Gasteiger partial charge in [0.05, 0.1) is 5.56 Å². The minimum Gasteiger partial charge on any atom is -0.493 e. The van der Waals surface area contributed by atoms with Crippen molar-refractivity contribution in [3.05, 3.63) is 45.5 Å². The summed E-state index contributed by atoms with van der Waals surface area (Å²) >= 11 is 0. The van der Waals surface area contributed by atoms with Gasteiger partial charge in [-0.05, 0) is 31.0 Å². The summed E-state index contributed by atoms with van der Waals surface area (Å²) in [5, 5.41) is 9.80. The van der Waals surface area contributed by atoms with Gasteiger partial charge in [0, 0.05) is 5.56 Å². The molecule has 1 heterocycles. The summed E-state index contributed by atoms with van der Waals surface area (Å²) in [5.74, 6) is -0.524. The van der Waals surface area contributed by atoms with Crippen molar-refractivity contribution >= 4 is 0 Å². The van der Waals surface area contributed by atoms with Crippen LogP contribution >= 0.6 is 0 Å². The number of aromatic hydroxyl groups is 1. The third-order valence-corrected chi connectivity index (χ3v) is 2.95. The summed E-state index contributed by atoms with van der Waals surface area (Å²) in [5.41, 5.74) is 1.12. The first kappa shape index (κ1) is 13.3. The highest BCUT2D eigenvalue weighted by Crippen LogP contribution is 2.22. The molecule has 2 aromatic rings. The highest BCUT2D eigenvalue weighted by Gasteiger charge is 2.12. The van der Waals surface area contributed by atoms with Crippen LogP contribution in [0.15, 0.2) is 23.0 Å². The molecule has 19 heavy (non-hydrogen) atoms. The summed E-state index contributed by atoms with van der Waals surface area (Å²) in [6.07, 6.45) is 1.19. The molecule has 0 aliphatic rings. The van der Waals surface area contributed by atoms with Crippen LogP contribution in [0.4, 0.5) is 4.39 Å². The first-order valence-electron chi connectivity index (χ1n) is 6.11. The molecule has 0 bridgehead atoms. The Labute approximate surface area is 110 Å². The number of H-pyrrole nitrogens is 1. The van der Waals surface area contributed by atoms with Crippen molar-refractivity contribution in [1.82, 2.24) is 9.97 Å². The second kappa shape index (κ2) is 5.22. The monoisotopic (exact) mass is 262 g/mol. The summed E-state index contributed by atoms with van der Waals surface area (Å²) in [6.45, 7) is 3.69. The van der Waals surface area contributed by atoms with Crippen molar-refractivity contribution in [3.8, 4) is 17.3 Å². The number of rotatable bonds is 3. The predicted molar refractivity (Wildman–Crippen MR) is 70.6 cm³/mol. The number of halogens is 1. The van der Waals surface area contributed by atoms with Gasteiger partial charge < -0.3 is 10.1 Å². The van der Waals surface area contributed by atoms with Gasteiger partial charge >= 0.3 is 0 Å². The van der Waals surface area contributed by atoms with E-state index in [-0.39, 0.29) is 22.8 Å². The average molecular weight is 262 g/mol. The topological polar surface area (TPSA) is 66.0 Å². The van der Waals surface area contributed by atoms with Crippen LogP contribution < -0.4 is 5.56 Å². The maximum absolute atomic E-state index is 13.3. The summed E-state index contributed by atoms with van der Waals surface area (Å²) in [6, 6.07) is 4.22. The predicted octanol–water partition coefficient (Wildman–Crippen LogP) is 2.54. The molecular weight excluding hydrogens is 247 g/mol. The molecule has 2 N–H and O–H groups in total. The number of hydrogen-bond acceptors (Lipinski definition) is 3. The zero-order valence-corrected chi connectivity index (χ0v) is 10.8. The fraction of sp³-hybridized carbons (Fsp3) is 0.286. The van der Waals surface area contributed by atoms with E-state index in [4.69, 9.17) is 0 Å². The molecule has 0 unspecified atom stereocenters. The number of aromatic nitrogens is 2. The normalized spacial score (nSPS) is 10.7. The second-order valence-corrected chi connectivity index (χ2v) is 4.43. The maximum Gasteiger partial charge on any atom is 0.258 e. The van der Waals surface area contributed by atoms with E-state index >= 15 is 0 Å². The van der Waals surface area contributed by atoms with Crippen LogP contribution in [0.5, 0.6) is 5.88 Å². The van der Waals surface area contributed by atoms with Crippen LogP contribution in [0, 0.1) is 12.7 Å². The number of hydrogen-bond donors (Lipinski definition) is 2. The van der Waals surface area contributed by atoms with Gasteiger partial charge in [-0.3, -0.25) is 4.79 Å². The van der Waals surface area contributed by atoms with Crippen molar-refractivity contribution in [3.63, 3.8) is 0 Å². The number of nitrogens with one attached hydrogen (secondary N) is 1. The summed E-state index contributed by atoms with van der Waals surface area (Å²) in [4.78, 5) is 18.4. The highest BCUT2D eigenvalue weighted by atomic mass is 19.1. The highest BCUT2D eigenvalue weighted by molar-refractivity contribution is 5.60. The van der Waals surface area contributed by atoms with Crippen molar-refractivity contribution in [2.75, 3.05) is 0 Å². The molecule has 5 heteroatoms. The van der Waals surface area contributed by atoms with Crippen LogP contribution in [0.1, 0.15) is 24.5 Å². The van der Waals surface area contributed by atoms with Gasteiger partial charge in [-0.1, -0.05) is 19.4 Å². The molecule has 0 aliphatic heterocycles. The Morgan fingerprint density at radius 3 is 2.79 bits per heavy atom. The van der Waals surface area contributed by atoms with Gasteiger partial charge in [0.2, 0.25) is 5.88 Å². The van der Waals surface area contributed by atoms with E-state index < -0.39 is 5.82 Å². The molecule has 0 saturated carbocycles. The fourth-order valence-electron chi connectivity index (χ4n) is 1.94. The molecule has 2 rings (SSSR count). The van der Waals surface area contributed by atoms with E-state index in [2.05, 4.69) is 9.97 Å². The standard InChI is InChI=1S/C14H15FN2O2/c1-3-4-10-13(18)16-12(17-14(10)19)11-7-9(15)6-5-8(11)2/h5-7H,3-4H2,1-2H3,(H2,16,17,18,19). The van der Waals surface area contributed by atoms with Gasteiger partial charge in [0.15, 0.2) is 0 Å². The van der Waals surface area contributed by atoms with E-state index in [1.54, 1.807) is 13.0 Å². The third-order valence-electron chi connectivity index (χ3n) is 2.95. The lowest BCUT2D eigenvalue weighted by atomic mass is 10.1. The summed E-state index contributed by atoms with van der Waals surface area (Å²) in [7, 11) is 0. The van der Waals surface area contributed by atoms with Gasteiger partial charge in [-0.2, -0.15) is 4.98 Å². The summed E-state index contributed by atoms with van der Waals surface area (Å²) < 4.78 is 13.3. The first-order chi connectivity index (χ1) is 9.02. The molecule has 1 aromatic heterocycles. The molecule has 0 fully saturated rings. The third kappa shape index (κ3) is 2.65. The average Bonchev–Trinajstić information content (AvgIpc) is 2.36. The Balaban J connectivity index is 2.58. The van der Waals surface area contributed by atoms with E-state index in [9.17, 15) is 14.3 Å². The SMILES string of the molecule is CCCc1c(O)nc(-c2cc(F)ccc2C)[nH]c1=O. The zero-order chi connectivity index (χ0) is 14.0. The Morgan fingerprint density at radius 1 is 1.42 bits per heavy atom. The minimum atomic E-state index is -0.416. The van der Waals surface area contributed by atoms with Gasteiger partial charge in [-0.15, -0.1) is 0 Å². The minimum absolute atomic E-state index is 0.180. The van der Waals surface area contributed by atoms with E-state index in [0.717, 1.165) is 12.0 Å². The van der Waals surface area contributed by atoms with Gasteiger partial charge in [-0.25, -0.2) is 4.39 Å². The van der Waals surface area contributed by atoms with Gasteiger partial charge in [0.1, 0.15) is 11.6 Å². The quantitative estimate of drug-likeness (QED) is 0.893. The molecule has 0 atom stereocenters. The molecule has 0 spiro atoms. The lowest BCUT2D eigenvalue weighted by Crippen LogP contribution is -2.15. The molecule has 1 aromatic carbocycles. The van der Waals surface area contributed by atoms with Crippen molar-refractivity contribution in [2.45, 2.75) is 26.7 Å². The lowest BCUT2D eigenvalue weighted by Gasteiger charge is -2.07. The maximum atomic E-state index is 13.3. The molecule has 0 amide bonds. The molecule has 0 aliphatic carbocycles. The number of benzene rings is 1. The molecule has 0 saturated heterocycles. The number of nitrogens with zero attached hydrogens (tertiary/aromatic N) is 1. The smallest absolute Gasteiger partial charge is 0.258 e. The van der Waals surface area contributed by atoms with Crippen molar-refractivity contribution in [2.24, 2.45) is 0 Å². The Bertz CT molecular complexity index is 665. The number of aromatic amines is 1. The molecular formula is C14H15FN2O2.